The van der Waals surface area contributed by atoms with E-state index in [1.807, 2.05) is 56.3 Å². The Morgan fingerprint density at radius 1 is 1.09 bits per heavy atom. The maximum absolute atomic E-state index is 11.1. The minimum Gasteiger partial charge on any atom is -0.480 e. The van der Waals surface area contributed by atoms with E-state index < -0.39 is 5.97 Å². The molecule has 0 saturated heterocycles. The van der Waals surface area contributed by atoms with Crippen LogP contribution in [0.15, 0.2) is 48.7 Å². The molecule has 5 nitrogen and oxygen atoms in total. The van der Waals surface area contributed by atoms with E-state index in [1.165, 1.54) is 4.68 Å². The summed E-state index contributed by atoms with van der Waals surface area (Å²) in [5.74, 6) is -0.933. The molecule has 1 N–H and O–H groups in total. The van der Waals surface area contributed by atoms with Crippen molar-refractivity contribution in [3.05, 3.63) is 59.8 Å². The van der Waals surface area contributed by atoms with E-state index in [0.29, 0.717) is 5.69 Å². The molecular weight excluding hydrogens is 290 g/mol. The third kappa shape index (κ3) is 3.13. The molecule has 116 valence electrons. The Hall–Kier alpha value is -2.95. The summed E-state index contributed by atoms with van der Waals surface area (Å²) in [4.78, 5) is 15.6. The molecule has 0 saturated carbocycles. The first-order valence-corrected chi connectivity index (χ1v) is 7.33. The van der Waals surface area contributed by atoms with Crippen LogP contribution in [0.1, 0.15) is 11.1 Å². The molecule has 1 aromatic carbocycles. The number of carbonyl (C=O) groups is 1. The number of aryl methyl sites for hydroxylation is 2. The molecule has 0 atom stereocenters. The summed E-state index contributed by atoms with van der Waals surface area (Å²) < 4.78 is 1.49. The highest BCUT2D eigenvalue weighted by Crippen LogP contribution is 2.26. The van der Waals surface area contributed by atoms with Crippen molar-refractivity contribution in [1.29, 1.82) is 0 Å². The number of carboxylic acid groups (broad SMARTS) is 1. The summed E-state index contributed by atoms with van der Waals surface area (Å²) in [6.07, 6.45) is 1.80. The highest BCUT2D eigenvalue weighted by atomic mass is 16.4. The number of hydrogen-bond donors (Lipinski definition) is 1. The van der Waals surface area contributed by atoms with E-state index in [9.17, 15) is 4.79 Å². The molecule has 0 bridgehead atoms. The Labute approximate surface area is 134 Å². The zero-order chi connectivity index (χ0) is 16.4. The Bertz CT molecular complexity index is 854. The second-order valence-corrected chi connectivity index (χ2v) is 5.49. The zero-order valence-corrected chi connectivity index (χ0v) is 13.0. The Morgan fingerprint density at radius 2 is 1.83 bits per heavy atom. The molecule has 3 rings (SSSR count). The van der Waals surface area contributed by atoms with Crippen molar-refractivity contribution < 1.29 is 9.90 Å². The topological polar surface area (TPSA) is 68.0 Å². The smallest absolute Gasteiger partial charge is 0.325 e. The lowest BCUT2D eigenvalue weighted by Gasteiger charge is -2.06. The molecule has 0 amide bonds. The van der Waals surface area contributed by atoms with Gasteiger partial charge in [-0.2, -0.15) is 5.10 Å². The molecular formula is C18H17N3O2. The highest BCUT2D eigenvalue weighted by molar-refractivity contribution is 5.71. The van der Waals surface area contributed by atoms with Crippen molar-refractivity contribution in [3.8, 4) is 22.6 Å². The number of benzene rings is 1. The Kier molecular flexibility index (Phi) is 3.93. The molecule has 0 aliphatic heterocycles. The van der Waals surface area contributed by atoms with Crippen LogP contribution >= 0.6 is 0 Å². The van der Waals surface area contributed by atoms with Gasteiger partial charge in [0.05, 0.1) is 17.1 Å². The van der Waals surface area contributed by atoms with E-state index in [0.717, 1.165) is 28.1 Å². The number of aliphatic carboxylic acids is 1. The fraction of sp³-hybridized carbons (Fsp3) is 0.167. The van der Waals surface area contributed by atoms with E-state index in [4.69, 9.17) is 5.11 Å². The lowest BCUT2D eigenvalue weighted by atomic mass is 10.1. The van der Waals surface area contributed by atoms with Gasteiger partial charge in [0.25, 0.3) is 0 Å². The molecule has 2 heterocycles. The fourth-order valence-corrected chi connectivity index (χ4v) is 2.39. The molecule has 0 unspecified atom stereocenters. The second-order valence-electron chi connectivity index (χ2n) is 5.49. The molecule has 2 aromatic heterocycles. The lowest BCUT2D eigenvalue weighted by Crippen LogP contribution is -2.11. The van der Waals surface area contributed by atoms with Crippen LogP contribution in [-0.2, 0) is 11.3 Å². The molecule has 0 fully saturated rings. The van der Waals surface area contributed by atoms with Gasteiger partial charge >= 0.3 is 5.97 Å². The van der Waals surface area contributed by atoms with Gasteiger partial charge < -0.3 is 5.11 Å². The molecule has 0 radical (unpaired) electrons. The second kappa shape index (κ2) is 6.04. The Morgan fingerprint density at radius 3 is 2.48 bits per heavy atom. The molecule has 23 heavy (non-hydrogen) atoms. The summed E-state index contributed by atoms with van der Waals surface area (Å²) in [7, 11) is 0. The molecule has 0 spiro atoms. The number of aromatic nitrogens is 3. The summed E-state index contributed by atoms with van der Waals surface area (Å²) in [6.45, 7) is 3.81. The lowest BCUT2D eigenvalue weighted by molar-refractivity contribution is -0.137. The van der Waals surface area contributed by atoms with Crippen LogP contribution in [-0.4, -0.2) is 25.8 Å². The first-order valence-electron chi connectivity index (χ1n) is 7.33. The predicted octanol–water partition coefficient (Wildman–Crippen LogP) is 3.31. The number of nitrogens with zero attached hydrogens (tertiary/aromatic N) is 3. The van der Waals surface area contributed by atoms with Gasteiger partial charge in [0.1, 0.15) is 6.54 Å². The van der Waals surface area contributed by atoms with Crippen LogP contribution in [0.4, 0.5) is 0 Å². The first kappa shape index (κ1) is 15.0. The summed E-state index contributed by atoms with van der Waals surface area (Å²) in [5.41, 5.74) is 5.32. The van der Waals surface area contributed by atoms with E-state index in [1.54, 1.807) is 6.20 Å². The summed E-state index contributed by atoms with van der Waals surface area (Å²) in [6, 6.07) is 13.5. The van der Waals surface area contributed by atoms with Crippen LogP contribution in [0.3, 0.4) is 0 Å². The third-order valence-electron chi connectivity index (χ3n) is 3.77. The summed E-state index contributed by atoms with van der Waals surface area (Å²) >= 11 is 0. The van der Waals surface area contributed by atoms with E-state index in [2.05, 4.69) is 10.1 Å². The average Bonchev–Trinajstić information content (AvgIpc) is 2.94. The van der Waals surface area contributed by atoms with Crippen LogP contribution in [0.5, 0.6) is 0 Å². The van der Waals surface area contributed by atoms with Crippen LogP contribution in [0.25, 0.3) is 22.6 Å². The molecule has 0 aliphatic carbocycles. The predicted molar refractivity (Wildman–Crippen MR) is 88.0 cm³/mol. The number of carboxylic acids is 1. The number of rotatable bonds is 4. The van der Waals surface area contributed by atoms with Gasteiger partial charge in [-0.1, -0.05) is 30.3 Å². The minimum absolute atomic E-state index is 0.198. The van der Waals surface area contributed by atoms with Crippen molar-refractivity contribution in [2.24, 2.45) is 0 Å². The number of hydrogen-bond acceptors (Lipinski definition) is 3. The molecule has 3 aromatic rings. The van der Waals surface area contributed by atoms with Crippen LogP contribution < -0.4 is 0 Å². The van der Waals surface area contributed by atoms with Gasteiger partial charge in [0.15, 0.2) is 0 Å². The normalized spacial score (nSPS) is 10.7. The highest BCUT2D eigenvalue weighted by Gasteiger charge is 2.15. The standard InChI is InChI=1S/C18H17N3O2/c1-12-8-16(19-10-13(12)2)17-9-15(14-6-4-3-5-7-14)20-21(17)11-18(22)23/h3-10H,11H2,1-2H3,(H,22,23). The van der Waals surface area contributed by atoms with Crippen molar-refractivity contribution in [1.82, 2.24) is 14.8 Å². The van der Waals surface area contributed by atoms with E-state index >= 15 is 0 Å². The third-order valence-corrected chi connectivity index (χ3v) is 3.77. The van der Waals surface area contributed by atoms with Gasteiger partial charge in [0.2, 0.25) is 0 Å². The monoisotopic (exact) mass is 307 g/mol. The zero-order valence-electron chi connectivity index (χ0n) is 13.0. The quantitative estimate of drug-likeness (QED) is 0.803. The van der Waals surface area contributed by atoms with Gasteiger partial charge in [-0.15, -0.1) is 0 Å². The van der Waals surface area contributed by atoms with Crippen LogP contribution in [0.2, 0.25) is 0 Å². The van der Waals surface area contributed by atoms with E-state index in [-0.39, 0.29) is 6.54 Å². The van der Waals surface area contributed by atoms with Crippen LogP contribution in [0, 0.1) is 13.8 Å². The Balaban J connectivity index is 2.12. The fourth-order valence-electron chi connectivity index (χ4n) is 2.39. The largest absolute Gasteiger partial charge is 0.480 e. The molecule has 0 aliphatic rings. The maximum atomic E-state index is 11.1. The number of pyridine rings is 1. The van der Waals surface area contributed by atoms with Gasteiger partial charge in [-0.3, -0.25) is 14.5 Å². The molecule has 5 heteroatoms. The van der Waals surface area contributed by atoms with Crippen molar-refractivity contribution in [2.45, 2.75) is 20.4 Å². The van der Waals surface area contributed by atoms with Crippen molar-refractivity contribution >= 4 is 5.97 Å². The van der Waals surface area contributed by atoms with Gasteiger partial charge in [-0.05, 0) is 37.1 Å². The average molecular weight is 307 g/mol. The first-order chi connectivity index (χ1) is 11.0. The van der Waals surface area contributed by atoms with Crippen molar-refractivity contribution in [2.75, 3.05) is 0 Å². The minimum atomic E-state index is -0.933. The van der Waals surface area contributed by atoms with Crippen molar-refractivity contribution in [3.63, 3.8) is 0 Å². The SMILES string of the molecule is Cc1cnc(-c2cc(-c3ccccc3)nn2CC(=O)O)cc1C. The summed E-state index contributed by atoms with van der Waals surface area (Å²) in [5, 5.41) is 13.6. The van der Waals surface area contributed by atoms with Gasteiger partial charge in [-0.25, -0.2) is 0 Å². The van der Waals surface area contributed by atoms with Gasteiger partial charge in [0, 0.05) is 11.8 Å². The maximum Gasteiger partial charge on any atom is 0.325 e.